The molecule has 4 nitrogen and oxygen atoms in total. The van der Waals surface area contributed by atoms with Gasteiger partial charge < -0.3 is 4.74 Å². The van der Waals surface area contributed by atoms with Crippen molar-refractivity contribution in [3.8, 4) is 5.75 Å². The molecule has 0 radical (unpaired) electrons. The van der Waals surface area contributed by atoms with Gasteiger partial charge in [-0.05, 0) is 105 Å². The molecular weight excluding hydrogens is 430 g/mol. The lowest BCUT2D eigenvalue weighted by Crippen LogP contribution is -2.33. The van der Waals surface area contributed by atoms with E-state index >= 15 is 0 Å². The van der Waals surface area contributed by atoms with E-state index in [-0.39, 0.29) is 5.75 Å². The van der Waals surface area contributed by atoms with Gasteiger partial charge in [0.15, 0.2) is 9.84 Å². The number of ether oxygens (including phenoxy) is 1. The van der Waals surface area contributed by atoms with E-state index in [0.29, 0.717) is 17.4 Å². The third kappa shape index (κ3) is 5.77. The second kappa shape index (κ2) is 10.3. The molecule has 3 aromatic rings. The van der Waals surface area contributed by atoms with Crippen molar-refractivity contribution in [2.75, 3.05) is 25.4 Å². The zero-order chi connectivity index (χ0) is 23.4. The fourth-order valence-electron chi connectivity index (χ4n) is 4.93. The molecule has 0 aliphatic carbocycles. The second-order valence-electron chi connectivity index (χ2n) is 9.33. The molecule has 0 amide bonds. The minimum Gasteiger partial charge on any atom is -0.493 e. The Balaban J connectivity index is 1.30. The van der Waals surface area contributed by atoms with Crippen LogP contribution >= 0.6 is 0 Å². The summed E-state index contributed by atoms with van der Waals surface area (Å²) >= 11 is 0. The predicted octanol–water partition coefficient (Wildman–Crippen LogP) is 5.93. The van der Waals surface area contributed by atoms with Crippen molar-refractivity contribution in [3.63, 3.8) is 0 Å². The van der Waals surface area contributed by atoms with Crippen molar-refractivity contribution in [3.05, 3.63) is 71.3 Å². The molecule has 3 aromatic carbocycles. The number of fused-ring (bicyclic) bond motifs is 1. The van der Waals surface area contributed by atoms with Crippen molar-refractivity contribution in [1.82, 2.24) is 4.90 Å². The van der Waals surface area contributed by atoms with E-state index in [1.807, 2.05) is 20.8 Å². The highest BCUT2D eigenvalue weighted by atomic mass is 32.2. The fraction of sp³-hybridized carbons (Fsp3) is 0.429. The minimum absolute atomic E-state index is 0.217. The number of hydrogen-bond acceptors (Lipinski definition) is 4. The Morgan fingerprint density at radius 2 is 1.61 bits per heavy atom. The van der Waals surface area contributed by atoms with Crippen LogP contribution in [0.4, 0.5) is 0 Å². The zero-order valence-electron chi connectivity index (χ0n) is 20.0. The second-order valence-corrected chi connectivity index (χ2v) is 11.4. The van der Waals surface area contributed by atoms with E-state index in [2.05, 4.69) is 47.4 Å². The average Bonchev–Trinajstić information content (AvgIpc) is 2.81. The van der Waals surface area contributed by atoms with E-state index in [0.717, 1.165) is 55.8 Å². The number of sulfone groups is 1. The summed E-state index contributed by atoms with van der Waals surface area (Å²) in [5.74, 6) is 1.49. The lowest BCUT2D eigenvalue weighted by Gasteiger charge is -2.32. The van der Waals surface area contributed by atoms with Crippen molar-refractivity contribution >= 4 is 20.6 Å². The Labute approximate surface area is 198 Å². The van der Waals surface area contributed by atoms with Crippen molar-refractivity contribution in [2.24, 2.45) is 5.92 Å². The molecule has 1 heterocycles. The smallest absolute Gasteiger partial charge is 0.178 e. The van der Waals surface area contributed by atoms with E-state index < -0.39 is 9.84 Å². The Hall–Kier alpha value is -2.37. The van der Waals surface area contributed by atoms with Crippen LogP contribution in [0, 0.1) is 19.8 Å². The molecule has 4 rings (SSSR count). The first-order valence-corrected chi connectivity index (χ1v) is 13.7. The van der Waals surface area contributed by atoms with Crippen molar-refractivity contribution in [2.45, 2.75) is 51.5 Å². The average molecular weight is 466 g/mol. The van der Waals surface area contributed by atoms with Gasteiger partial charge in [-0.15, -0.1) is 0 Å². The normalized spacial score (nSPS) is 15.7. The molecule has 0 saturated carbocycles. The van der Waals surface area contributed by atoms with Crippen LogP contribution in [-0.2, 0) is 16.4 Å². The van der Waals surface area contributed by atoms with Crippen LogP contribution in [0.3, 0.4) is 0 Å². The Morgan fingerprint density at radius 3 is 2.27 bits per heavy atom. The van der Waals surface area contributed by atoms with E-state index in [1.165, 1.54) is 16.3 Å². The number of likely N-dealkylation sites (tertiary alicyclic amines) is 1. The van der Waals surface area contributed by atoms with Gasteiger partial charge in [-0.3, -0.25) is 4.90 Å². The van der Waals surface area contributed by atoms with Crippen LogP contribution in [0.5, 0.6) is 5.75 Å². The molecule has 0 spiro atoms. The maximum Gasteiger partial charge on any atom is 0.178 e. The third-order valence-corrected chi connectivity index (χ3v) is 8.53. The number of piperidine rings is 1. The van der Waals surface area contributed by atoms with Crippen LogP contribution in [0.25, 0.3) is 10.8 Å². The molecule has 176 valence electrons. The molecule has 1 saturated heterocycles. The molecule has 0 aromatic heterocycles. The first-order chi connectivity index (χ1) is 15.9. The molecule has 0 atom stereocenters. The van der Waals surface area contributed by atoms with Gasteiger partial charge in [-0.2, -0.15) is 0 Å². The molecular formula is C28H35NO3S. The summed E-state index contributed by atoms with van der Waals surface area (Å²) in [6.45, 7) is 9.37. The number of aryl methyl sites for hydroxylation is 2. The van der Waals surface area contributed by atoms with Gasteiger partial charge in [0.05, 0.1) is 17.3 Å². The first-order valence-electron chi connectivity index (χ1n) is 12.0. The van der Waals surface area contributed by atoms with Crippen LogP contribution in [0.1, 0.15) is 42.9 Å². The highest BCUT2D eigenvalue weighted by molar-refractivity contribution is 7.91. The van der Waals surface area contributed by atoms with E-state index in [1.54, 1.807) is 12.1 Å². The standard InChI is InChI=1S/C28H35NO3S/c1-4-32-28-21(2)17-27(18-22(28)3)33(30,31)16-13-23-11-14-29(15-12-23)20-24-9-10-25-7-5-6-8-26(25)19-24/h5-10,17-19,23H,4,11-16,20H2,1-3H3. The summed E-state index contributed by atoms with van der Waals surface area (Å²) in [6.07, 6.45) is 2.85. The highest BCUT2D eigenvalue weighted by Gasteiger charge is 2.23. The first kappa shape index (κ1) is 23.8. The molecule has 1 fully saturated rings. The summed E-state index contributed by atoms with van der Waals surface area (Å²) in [5.41, 5.74) is 3.12. The van der Waals surface area contributed by atoms with Crippen LogP contribution < -0.4 is 4.74 Å². The van der Waals surface area contributed by atoms with Crippen LogP contribution in [0.15, 0.2) is 59.5 Å². The number of hydrogen-bond donors (Lipinski definition) is 0. The third-order valence-electron chi connectivity index (χ3n) is 6.80. The van der Waals surface area contributed by atoms with E-state index in [4.69, 9.17) is 4.74 Å². The van der Waals surface area contributed by atoms with Crippen molar-refractivity contribution in [1.29, 1.82) is 0 Å². The highest BCUT2D eigenvalue weighted by Crippen LogP contribution is 2.29. The minimum atomic E-state index is -3.29. The van der Waals surface area contributed by atoms with Gasteiger partial charge in [0.25, 0.3) is 0 Å². The van der Waals surface area contributed by atoms with Gasteiger partial charge in [0, 0.05) is 6.54 Å². The molecule has 0 unspecified atom stereocenters. The Bertz CT molecular complexity index is 1190. The monoisotopic (exact) mass is 465 g/mol. The van der Waals surface area contributed by atoms with Gasteiger partial charge in [0.1, 0.15) is 5.75 Å². The lowest BCUT2D eigenvalue weighted by molar-refractivity contribution is 0.175. The van der Waals surface area contributed by atoms with E-state index in [9.17, 15) is 8.42 Å². The molecule has 1 aliphatic rings. The SMILES string of the molecule is CCOc1c(C)cc(S(=O)(=O)CCC2CCN(Cc3ccc4ccccc4c3)CC2)cc1C. The molecule has 5 heteroatoms. The van der Waals surface area contributed by atoms with Crippen molar-refractivity contribution < 1.29 is 13.2 Å². The maximum absolute atomic E-state index is 13.0. The summed E-state index contributed by atoms with van der Waals surface area (Å²) in [4.78, 5) is 2.92. The van der Waals surface area contributed by atoms with Crippen LogP contribution in [0.2, 0.25) is 0 Å². The predicted molar refractivity (Wildman–Crippen MR) is 136 cm³/mol. The number of rotatable bonds is 8. The summed E-state index contributed by atoms with van der Waals surface area (Å²) in [7, 11) is -3.29. The molecule has 0 bridgehead atoms. The fourth-order valence-corrected chi connectivity index (χ4v) is 6.52. The Kier molecular flexibility index (Phi) is 7.40. The zero-order valence-corrected chi connectivity index (χ0v) is 20.8. The summed E-state index contributed by atoms with van der Waals surface area (Å²) < 4.78 is 31.7. The van der Waals surface area contributed by atoms with Gasteiger partial charge >= 0.3 is 0 Å². The topological polar surface area (TPSA) is 46.6 Å². The number of nitrogens with zero attached hydrogens (tertiary/aromatic N) is 1. The molecule has 1 aliphatic heterocycles. The summed E-state index contributed by atoms with van der Waals surface area (Å²) in [6, 6.07) is 18.7. The lowest BCUT2D eigenvalue weighted by atomic mass is 9.94. The summed E-state index contributed by atoms with van der Waals surface area (Å²) in [5, 5.41) is 2.56. The largest absolute Gasteiger partial charge is 0.493 e. The molecule has 0 N–H and O–H groups in total. The van der Waals surface area contributed by atoms with Gasteiger partial charge in [-0.25, -0.2) is 8.42 Å². The van der Waals surface area contributed by atoms with Crippen LogP contribution in [-0.4, -0.2) is 38.8 Å². The quantitative estimate of drug-likeness (QED) is 0.414. The van der Waals surface area contributed by atoms with Gasteiger partial charge in [0.2, 0.25) is 0 Å². The maximum atomic E-state index is 13.0. The number of benzene rings is 3. The van der Waals surface area contributed by atoms with Gasteiger partial charge in [-0.1, -0.05) is 36.4 Å². The molecule has 33 heavy (non-hydrogen) atoms. The Morgan fingerprint density at radius 1 is 0.939 bits per heavy atom.